The van der Waals surface area contributed by atoms with Crippen molar-refractivity contribution in [3.05, 3.63) is 66.1 Å². The monoisotopic (exact) mass is 560 g/mol. The first kappa shape index (κ1) is 26.4. The molecule has 4 aromatic rings. The predicted molar refractivity (Wildman–Crippen MR) is 145 cm³/mol. The van der Waals surface area contributed by atoms with Crippen molar-refractivity contribution in [1.82, 2.24) is 34.7 Å². The second-order valence-corrected chi connectivity index (χ2v) is 10.3. The fourth-order valence-electron chi connectivity index (χ4n) is 5.89. The Morgan fingerprint density at radius 3 is 2.85 bits per heavy atom. The average molecular weight is 561 g/mol. The van der Waals surface area contributed by atoms with Crippen molar-refractivity contribution in [2.24, 2.45) is 11.7 Å². The minimum atomic E-state index is -0.669. The Morgan fingerprint density at radius 2 is 2.10 bits per heavy atom. The van der Waals surface area contributed by atoms with Crippen molar-refractivity contribution in [3.8, 4) is 17.1 Å². The van der Waals surface area contributed by atoms with E-state index in [4.69, 9.17) is 20.2 Å². The fraction of sp³-hybridized carbons (Fsp3) is 0.357. The second-order valence-electron chi connectivity index (χ2n) is 10.3. The van der Waals surface area contributed by atoms with Crippen molar-refractivity contribution in [2.45, 2.75) is 37.6 Å². The summed E-state index contributed by atoms with van der Waals surface area (Å²) < 4.78 is 26.8. The topological polar surface area (TPSA) is 154 Å². The average Bonchev–Trinajstić information content (AvgIpc) is 3.30. The maximum atomic E-state index is 14.5. The quantitative estimate of drug-likeness (QED) is 0.312. The SMILES string of the molecule is C=C(OCC)c1ccn2ncc(C3CC34CC(C(N)=O)CCN4C(=O)c3cc(-c4cc(OC)ncc4F)[nH]n3)c2n1. The first-order valence-electron chi connectivity index (χ1n) is 13.3. The lowest BCUT2D eigenvalue weighted by Gasteiger charge is -2.40. The van der Waals surface area contributed by atoms with Gasteiger partial charge in [0.05, 0.1) is 37.3 Å². The van der Waals surface area contributed by atoms with Crippen LogP contribution in [0.5, 0.6) is 5.88 Å². The van der Waals surface area contributed by atoms with Gasteiger partial charge in [0.25, 0.3) is 5.91 Å². The maximum absolute atomic E-state index is 14.5. The number of carbonyl (C=O) groups excluding carboxylic acids is 2. The van der Waals surface area contributed by atoms with Gasteiger partial charge in [0.2, 0.25) is 11.8 Å². The second kappa shape index (κ2) is 9.98. The molecule has 41 heavy (non-hydrogen) atoms. The molecule has 1 aliphatic carbocycles. The van der Waals surface area contributed by atoms with Crippen LogP contribution in [0.15, 0.2) is 43.4 Å². The first-order chi connectivity index (χ1) is 19.8. The van der Waals surface area contributed by atoms with Gasteiger partial charge in [0.15, 0.2) is 17.2 Å². The summed E-state index contributed by atoms with van der Waals surface area (Å²) in [4.78, 5) is 36.5. The number of hydrogen-bond donors (Lipinski definition) is 2. The number of hydrogen-bond acceptors (Lipinski definition) is 8. The fourth-order valence-corrected chi connectivity index (χ4v) is 5.89. The molecule has 12 nitrogen and oxygen atoms in total. The summed E-state index contributed by atoms with van der Waals surface area (Å²) in [5.74, 6) is -1.12. The highest BCUT2D eigenvalue weighted by Gasteiger charge is 2.63. The number of nitrogens with two attached hydrogens (primary N) is 1. The van der Waals surface area contributed by atoms with Gasteiger partial charge < -0.3 is 20.1 Å². The molecule has 0 aromatic carbocycles. The van der Waals surface area contributed by atoms with Crippen LogP contribution in [0.4, 0.5) is 4.39 Å². The van der Waals surface area contributed by atoms with E-state index in [9.17, 15) is 14.0 Å². The number of pyridine rings is 1. The molecule has 6 rings (SSSR count). The number of rotatable bonds is 8. The van der Waals surface area contributed by atoms with E-state index in [0.717, 1.165) is 11.8 Å². The minimum Gasteiger partial charge on any atom is -0.492 e. The van der Waals surface area contributed by atoms with Crippen LogP contribution in [0.3, 0.4) is 0 Å². The van der Waals surface area contributed by atoms with Crippen molar-refractivity contribution in [2.75, 3.05) is 20.3 Å². The van der Waals surface area contributed by atoms with Gasteiger partial charge in [-0.05, 0) is 38.3 Å². The number of carbonyl (C=O) groups is 2. The molecule has 1 saturated heterocycles. The number of nitrogens with zero attached hydrogens (tertiary/aromatic N) is 6. The van der Waals surface area contributed by atoms with E-state index in [1.165, 1.54) is 19.2 Å². The number of aromatic amines is 1. The minimum absolute atomic E-state index is 0.130. The normalized spacial score (nSPS) is 21.7. The van der Waals surface area contributed by atoms with Gasteiger partial charge in [-0.3, -0.25) is 14.7 Å². The molecule has 1 aliphatic heterocycles. The van der Waals surface area contributed by atoms with Gasteiger partial charge >= 0.3 is 0 Å². The third-order valence-electron chi connectivity index (χ3n) is 8.03. The summed E-state index contributed by atoms with van der Waals surface area (Å²) in [6.45, 7) is 6.61. The Balaban J connectivity index is 1.33. The molecule has 4 aromatic heterocycles. The number of halogens is 1. The van der Waals surface area contributed by atoms with Crippen molar-refractivity contribution >= 4 is 23.2 Å². The molecule has 2 aliphatic rings. The number of methoxy groups -OCH3 is 1. The number of likely N-dealkylation sites (tertiary alicyclic amines) is 1. The molecule has 212 valence electrons. The summed E-state index contributed by atoms with van der Waals surface area (Å²) in [6, 6.07) is 4.72. The van der Waals surface area contributed by atoms with Crippen LogP contribution in [-0.4, -0.2) is 72.3 Å². The van der Waals surface area contributed by atoms with Crippen LogP contribution in [0.2, 0.25) is 0 Å². The molecule has 0 bridgehead atoms. The molecule has 1 spiro atoms. The van der Waals surface area contributed by atoms with E-state index in [0.29, 0.717) is 55.2 Å². The van der Waals surface area contributed by atoms with E-state index in [-0.39, 0.29) is 40.8 Å². The van der Waals surface area contributed by atoms with Crippen LogP contribution in [0, 0.1) is 11.7 Å². The Labute approximate surface area is 234 Å². The Kier molecular flexibility index (Phi) is 6.43. The van der Waals surface area contributed by atoms with Gasteiger partial charge in [-0.2, -0.15) is 10.2 Å². The van der Waals surface area contributed by atoms with Gasteiger partial charge in [-0.15, -0.1) is 0 Å². The van der Waals surface area contributed by atoms with Gasteiger partial charge in [0, 0.05) is 41.8 Å². The highest BCUT2D eigenvalue weighted by molar-refractivity contribution is 5.95. The summed E-state index contributed by atoms with van der Waals surface area (Å²) in [5.41, 5.74) is 7.75. The van der Waals surface area contributed by atoms with Crippen LogP contribution in [0.25, 0.3) is 22.7 Å². The third-order valence-corrected chi connectivity index (χ3v) is 8.03. The Bertz CT molecular complexity index is 1680. The lowest BCUT2D eigenvalue weighted by molar-refractivity contribution is -0.124. The lowest BCUT2D eigenvalue weighted by Crippen LogP contribution is -2.51. The van der Waals surface area contributed by atoms with Crippen LogP contribution < -0.4 is 10.5 Å². The molecule has 3 unspecified atom stereocenters. The number of aromatic nitrogens is 6. The molecule has 5 heterocycles. The van der Waals surface area contributed by atoms with Gasteiger partial charge in [-0.1, -0.05) is 6.58 Å². The van der Waals surface area contributed by atoms with Gasteiger partial charge in [0.1, 0.15) is 11.5 Å². The number of amides is 2. The summed E-state index contributed by atoms with van der Waals surface area (Å²) >= 11 is 0. The number of H-pyrrole nitrogens is 1. The zero-order valence-corrected chi connectivity index (χ0v) is 22.6. The number of piperidine rings is 1. The number of nitrogens with one attached hydrogen (secondary N) is 1. The van der Waals surface area contributed by atoms with E-state index in [1.807, 2.05) is 6.92 Å². The highest BCUT2D eigenvalue weighted by Crippen LogP contribution is 2.61. The van der Waals surface area contributed by atoms with Crippen molar-refractivity contribution in [3.63, 3.8) is 0 Å². The zero-order valence-electron chi connectivity index (χ0n) is 22.6. The van der Waals surface area contributed by atoms with E-state index >= 15 is 0 Å². The number of ether oxygens (including phenoxy) is 2. The van der Waals surface area contributed by atoms with Crippen LogP contribution in [0.1, 0.15) is 53.8 Å². The van der Waals surface area contributed by atoms with E-state index in [2.05, 4.69) is 26.9 Å². The van der Waals surface area contributed by atoms with E-state index in [1.54, 1.807) is 27.9 Å². The van der Waals surface area contributed by atoms with E-state index < -0.39 is 11.4 Å². The standard InChI is InChI=1S/C28H29FN8O4/c1-4-41-15(2)21-6-8-37-26(33-21)18(13-32-37)19-12-28(19)11-16(25(30)38)5-7-36(28)27(39)23-10-22(34-35-23)17-9-24(40-3)31-14-20(17)29/h6,8-10,13-14,16,19H,2,4-5,7,11-12H2,1,3H3,(H2,30,38)(H,34,35). The number of primary amides is 1. The maximum Gasteiger partial charge on any atom is 0.274 e. The molecule has 0 radical (unpaired) electrons. The molecular formula is C28H29FN8O4. The molecular weight excluding hydrogens is 531 g/mol. The predicted octanol–water partition coefficient (Wildman–Crippen LogP) is 2.93. The molecule has 1 saturated carbocycles. The summed E-state index contributed by atoms with van der Waals surface area (Å²) in [5, 5.41) is 11.4. The number of fused-ring (bicyclic) bond motifs is 1. The molecule has 2 fully saturated rings. The zero-order chi connectivity index (χ0) is 28.9. The Morgan fingerprint density at radius 1 is 1.27 bits per heavy atom. The largest absolute Gasteiger partial charge is 0.492 e. The summed E-state index contributed by atoms with van der Waals surface area (Å²) in [7, 11) is 1.43. The smallest absolute Gasteiger partial charge is 0.274 e. The van der Waals surface area contributed by atoms with Crippen molar-refractivity contribution < 1.29 is 23.5 Å². The first-order valence-corrected chi connectivity index (χ1v) is 13.3. The molecule has 3 atom stereocenters. The molecule has 13 heteroatoms. The van der Waals surface area contributed by atoms with Crippen molar-refractivity contribution in [1.29, 1.82) is 0 Å². The van der Waals surface area contributed by atoms with Crippen LogP contribution >= 0.6 is 0 Å². The summed E-state index contributed by atoms with van der Waals surface area (Å²) in [6.07, 6.45) is 6.04. The highest BCUT2D eigenvalue weighted by atomic mass is 19.1. The molecule has 3 N–H and O–H groups in total. The van der Waals surface area contributed by atoms with Gasteiger partial charge in [-0.25, -0.2) is 18.9 Å². The Hall–Kier alpha value is -4.81. The third kappa shape index (κ3) is 4.46. The van der Waals surface area contributed by atoms with Crippen LogP contribution in [-0.2, 0) is 9.53 Å². The lowest BCUT2D eigenvalue weighted by atomic mass is 9.86. The molecule has 2 amide bonds.